The number of para-hydroxylation sites is 1. The maximum atomic E-state index is 12.6. The average Bonchev–Trinajstić information content (AvgIpc) is 2.88. The number of nitrogens with one attached hydrogen (secondary N) is 1. The second-order valence-electron chi connectivity index (χ2n) is 8.61. The molecule has 0 radical (unpaired) electrons. The largest absolute Gasteiger partial charge is 0.446 e. The molecule has 182 valence electrons. The minimum atomic E-state index is -0.451. The zero-order valence-corrected chi connectivity index (χ0v) is 19.6. The molecule has 0 aliphatic carbocycles. The van der Waals surface area contributed by atoms with Gasteiger partial charge in [-0.2, -0.15) is 0 Å². The fourth-order valence-electron chi connectivity index (χ4n) is 4.19. The summed E-state index contributed by atoms with van der Waals surface area (Å²) in [5, 5.41) is 4.11. The maximum absolute atomic E-state index is 12.6. The predicted octanol–water partition coefficient (Wildman–Crippen LogP) is 3.96. The number of carbonyl (C=O) groups is 2. The molecule has 8 nitrogen and oxygen atoms in total. The number of carbonyl (C=O) groups excluding carboxylic acids is 2. The molecule has 35 heavy (non-hydrogen) atoms. The Morgan fingerprint density at radius 1 is 0.971 bits per heavy atom. The topological polar surface area (TPSA) is 114 Å². The second-order valence-corrected chi connectivity index (χ2v) is 8.61. The van der Waals surface area contributed by atoms with Gasteiger partial charge in [-0.15, -0.1) is 0 Å². The molecule has 0 atom stereocenters. The van der Waals surface area contributed by atoms with Gasteiger partial charge in [-0.3, -0.25) is 15.1 Å². The van der Waals surface area contributed by atoms with Crippen molar-refractivity contribution in [2.45, 2.75) is 18.9 Å². The molecule has 0 spiro atoms. The summed E-state index contributed by atoms with van der Waals surface area (Å²) in [5.41, 5.74) is 9.44. The van der Waals surface area contributed by atoms with E-state index in [0.29, 0.717) is 30.0 Å². The first-order chi connectivity index (χ1) is 17.0. The van der Waals surface area contributed by atoms with Crippen molar-refractivity contribution in [3.05, 3.63) is 84.4 Å². The van der Waals surface area contributed by atoms with E-state index in [4.69, 9.17) is 16.3 Å². The molecule has 1 heterocycles. The highest BCUT2D eigenvalue weighted by Crippen LogP contribution is 2.28. The van der Waals surface area contributed by atoms with Gasteiger partial charge in [0.1, 0.15) is 6.10 Å². The van der Waals surface area contributed by atoms with Crippen LogP contribution in [0.2, 0.25) is 0 Å². The fourth-order valence-corrected chi connectivity index (χ4v) is 4.19. The molecule has 8 heteroatoms. The average molecular weight is 474 g/mol. The molecule has 1 aliphatic rings. The van der Waals surface area contributed by atoms with Crippen molar-refractivity contribution < 1.29 is 14.3 Å². The number of benzene rings is 3. The smallest absolute Gasteiger partial charge is 0.411 e. The maximum Gasteiger partial charge on any atom is 0.411 e. The molecule has 0 aromatic heterocycles. The molecular weight excluding hydrogens is 442 g/mol. The third-order valence-corrected chi connectivity index (χ3v) is 6.11. The molecule has 1 aliphatic heterocycles. The second kappa shape index (κ2) is 11.5. The number of nitrogens with zero attached hydrogens (tertiary/aromatic N) is 2. The van der Waals surface area contributed by atoms with Gasteiger partial charge in [-0.25, -0.2) is 10.6 Å². The Balaban J connectivity index is 1.22. The van der Waals surface area contributed by atoms with Crippen LogP contribution in [0.5, 0.6) is 0 Å². The first-order valence-corrected chi connectivity index (χ1v) is 11.8. The minimum Gasteiger partial charge on any atom is -0.446 e. The molecule has 1 fully saturated rings. The van der Waals surface area contributed by atoms with Crippen LogP contribution in [0.1, 0.15) is 23.2 Å². The molecule has 4 rings (SSSR count). The number of rotatable bonds is 7. The zero-order valence-electron chi connectivity index (χ0n) is 19.6. The molecule has 3 aromatic rings. The van der Waals surface area contributed by atoms with Gasteiger partial charge < -0.3 is 15.4 Å². The number of hydrogen-bond acceptors (Lipinski definition) is 6. The van der Waals surface area contributed by atoms with E-state index in [1.807, 2.05) is 54.6 Å². The van der Waals surface area contributed by atoms with Crippen molar-refractivity contribution in [2.75, 3.05) is 37.2 Å². The van der Waals surface area contributed by atoms with E-state index in [2.05, 4.69) is 10.2 Å². The van der Waals surface area contributed by atoms with Crippen molar-refractivity contribution in [2.24, 2.45) is 5.84 Å². The van der Waals surface area contributed by atoms with Crippen molar-refractivity contribution in [1.29, 1.82) is 0 Å². The van der Waals surface area contributed by atoms with Gasteiger partial charge in [-0.05, 0) is 42.7 Å². The van der Waals surface area contributed by atoms with Crippen LogP contribution in [-0.4, -0.2) is 54.2 Å². The lowest BCUT2D eigenvalue weighted by atomic mass is 10.0. The van der Waals surface area contributed by atoms with Crippen LogP contribution in [0.15, 0.2) is 78.9 Å². The summed E-state index contributed by atoms with van der Waals surface area (Å²) in [4.78, 5) is 27.3. The van der Waals surface area contributed by atoms with Gasteiger partial charge in [0.05, 0.1) is 12.2 Å². The number of hydrazine groups is 1. The van der Waals surface area contributed by atoms with Crippen LogP contribution in [-0.2, 0) is 4.74 Å². The Kier molecular flexibility index (Phi) is 7.97. The van der Waals surface area contributed by atoms with Gasteiger partial charge in [0.2, 0.25) is 0 Å². The summed E-state index contributed by atoms with van der Waals surface area (Å²) in [6.45, 7) is 2.57. The first kappa shape index (κ1) is 24.3. The van der Waals surface area contributed by atoms with E-state index in [1.54, 1.807) is 24.3 Å². The van der Waals surface area contributed by atoms with Crippen LogP contribution >= 0.6 is 0 Å². The summed E-state index contributed by atoms with van der Waals surface area (Å²) in [7, 11) is 0. The predicted molar refractivity (Wildman–Crippen MR) is 138 cm³/mol. The Hall–Kier alpha value is -3.88. The number of nitrogens with two attached hydrogens (primary N) is 2. The quantitative estimate of drug-likeness (QED) is 0.207. The molecule has 3 aromatic carbocycles. The SMILES string of the molecule is Nc1cccc(C(=O)N(N)CCN2CCC(OC(=O)Nc3ccccc3-c3ccccc3)CC2)c1. The van der Waals surface area contributed by atoms with Crippen LogP contribution in [0.4, 0.5) is 16.2 Å². The standard InChI is InChI=1S/C27H31N5O3/c28-22-10-6-9-21(19-22)26(33)32(29)18-17-31-15-13-23(14-16-31)35-27(34)30-25-12-5-4-11-24(25)20-7-2-1-3-8-20/h1-12,19,23H,13-18,28-29H2,(H,30,34). The normalized spacial score (nSPS) is 14.3. The summed E-state index contributed by atoms with van der Waals surface area (Å²) >= 11 is 0. The highest BCUT2D eigenvalue weighted by atomic mass is 16.6. The number of amides is 2. The molecule has 2 amide bonds. The molecule has 5 N–H and O–H groups in total. The van der Waals surface area contributed by atoms with Crippen LogP contribution in [0.3, 0.4) is 0 Å². The lowest BCUT2D eigenvalue weighted by Gasteiger charge is -2.32. The molecule has 1 saturated heterocycles. The highest BCUT2D eigenvalue weighted by Gasteiger charge is 2.23. The summed E-state index contributed by atoms with van der Waals surface area (Å²) in [6, 6.07) is 24.4. The van der Waals surface area contributed by atoms with Gasteiger partial charge in [0.25, 0.3) is 5.91 Å². The molecule has 0 saturated carbocycles. The lowest BCUT2D eigenvalue weighted by Crippen LogP contribution is -2.46. The van der Waals surface area contributed by atoms with Gasteiger partial charge in [-0.1, -0.05) is 54.6 Å². The molecular formula is C27H31N5O3. The van der Waals surface area contributed by atoms with Gasteiger partial charge >= 0.3 is 6.09 Å². The summed E-state index contributed by atoms with van der Waals surface area (Å²) in [5.74, 6) is 5.71. The fraction of sp³-hybridized carbons (Fsp3) is 0.259. The molecule has 0 unspecified atom stereocenters. The Bertz CT molecular complexity index is 1150. The third kappa shape index (κ3) is 6.59. The van der Waals surface area contributed by atoms with Gasteiger partial charge in [0.15, 0.2) is 0 Å². The van der Waals surface area contributed by atoms with Gasteiger partial charge in [0, 0.05) is 36.4 Å². The first-order valence-electron chi connectivity index (χ1n) is 11.8. The van der Waals surface area contributed by atoms with E-state index in [9.17, 15) is 9.59 Å². The third-order valence-electron chi connectivity index (χ3n) is 6.11. The number of anilines is 2. The Morgan fingerprint density at radius 2 is 1.69 bits per heavy atom. The highest BCUT2D eigenvalue weighted by molar-refractivity contribution is 5.94. The van der Waals surface area contributed by atoms with Crippen LogP contribution in [0, 0.1) is 0 Å². The number of hydrogen-bond donors (Lipinski definition) is 3. The summed E-state index contributed by atoms with van der Waals surface area (Å²) < 4.78 is 5.69. The van der Waals surface area contributed by atoms with Crippen molar-refractivity contribution in [3.8, 4) is 11.1 Å². The van der Waals surface area contributed by atoms with E-state index in [1.165, 1.54) is 5.01 Å². The number of ether oxygens (including phenoxy) is 1. The Morgan fingerprint density at radius 3 is 2.43 bits per heavy atom. The van der Waals surface area contributed by atoms with Crippen LogP contribution in [0.25, 0.3) is 11.1 Å². The monoisotopic (exact) mass is 473 g/mol. The lowest BCUT2D eigenvalue weighted by molar-refractivity contribution is 0.0522. The number of likely N-dealkylation sites (tertiary alicyclic amines) is 1. The van der Waals surface area contributed by atoms with Crippen LogP contribution < -0.4 is 16.9 Å². The van der Waals surface area contributed by atoms with E-state index in [0.717, 1.165) is 37.1 Å². The van der Waals surface area contributed by atoms with E-state index in [-0.39, 0.29) is 12.0 Å². The number of piperidine rings is 1. The van der Waals surface area contributed by atoms with E-state index >= 15 is 0 Å². The van der Waals surface area contributed by atoms with Crippen molar-refractivity contribution in [3.63, 3.8) is 0 Å². The summed E-state index contributed by atoms with van der Waals surface area (Å²) in [6.07, 6.45) is 0.842. The van der Waals surface area contributed by atoms with E-state index < -0.39 is 6.09 Å². The Labute approximate surface area is 205 Å². The van der Waals surface area contributed by atoms with Crippen molar-refractivity contribution >= 4 is 23.4 Å². The number of nitrogen functional groups attached to an aromatic ring is 1. The van der Waals surface area contributed by atoms with Crippen molar-refractivity contribution in [1.82, 2.24) is 9.91 Å². The minimum absolute atomic E-state index is 0.155. The zero-order chi connectivity index (χ0) is 24.6. The molecule has 0 bridgehead atoms.